The summed E-state index contributed by atoms with van der Waals surface area (Å²) >= 11 is 0. The van der Waals surface area contributed by atoms with E-state index in [1.807, 2.05) is 6.92 Å². The van der Waals surface area contributed by atoms with E-state index in [-0.39, 0.29) is 11.3 Å². The maximum atomic E-state index is 12.6. The maximum absolute atomic E-state index is 12.6. The number of carbonyl (C=O) groups excluding carboxylic acids is 1. The van der Waals surface area contributed by atoms with Crippen LogP contribution >= 0.6 is 0 Å². The van der Waals surface area contributed by atoms with Crippen LogP contribution in [0, 0.1) is 37.0 Å². The molecule has 1 aromatic carbocycles. The van der Waals surface area contributed by atoms with Crippen LogP contribution in [0.2, 0.25) is 0 Å². The third kappa shape index (κ3) is 3.38. The van der Waals surface area contributed by atoms with Crippen LogP contribution < -0.4 is 5.43 Å². The van der Waals surface area contributed by atoms with E-state index >= 15 is 0 Å². The summed E-state index contributed by atoms with van der Waals surface area (Å²) in [6.45, 7) is 6.15. The van der Waals surface area contributed by atoms with Crippen molar-refractivity contribution in [3.05, 3.63) is 34.9 Å². The standard InChI is InChI=1S/C22H30N2O/c1-14-4-5-15(2)20(6-14)16(3)23-24-21(25)13-22-10-17-7-18(11-22)9-19(8-17)12-22/h4-6,17-19H,7-13H2,1-3H3,(H,24,25). The van der Waals surface area contributed by atoms with E-state index in [4.69, 9.17) is 0 Å². The Balaban J connectivity index is 1.42. The van der Waals surface area contributed by atoms with E-state index in [1.54, 1.807) is 0 Å². The number of nitrogens with one attached hydrogen (secondary N) is 1. The fourth-order valence-electron chi connectivity index (χ4n) is 6.22. The van der Waals surface area contributed by atoms with Crippen LogP contribution in [0.4, 0.5) is 0 Å². The number of hydrogen-bond acceptors (Lipinski definition) is 2. The molecule has 4 aliphatic carbocycles. The summed E-state index contributed by atoms with van der Waals surface area (Å²) in [5, 5.41) is 4.41. The molecule has 0 aromatic heterocycles. The Kier molecular flexibility index (Phi) is 4.21. The Morgan fingerprint density at radius 1 is 1.12 bits per heavy atom. The summed E-state index contributed by atoms with van der Waals surface area (Å²) in [5.74, 6) is 2.77. The third-order valence-corrected chi connectivity index (χ3v) is 6.83. The fourth-order valence-corrected chi connectivity index (χ4v) is 6.22. The SMILES string of the molecule is CC(=NNC(=O)CC12CC3CC(CC(C3)C1)C2)c1cc(C)ccc1C. The van der Waals surface area contributed by atoms with Crippen molar-refractivity contribution in [1.82, 2.24) is 5.43 Å². The van der Waals surface area contributed by atoms with Gasteiger partial charge < -0.3 is 0 Å². The number of benzene rings is 1. The number of hydrazone groups is 1. The second-order valence-corrected chi connectivity index (χ2v) is 9.14. The summed E-state index contributed by atoms with van der Waals surface area (Å²) < 4.78 is 0. The molecule has 1 N–H and O–H groups in total. The highest BCUT2D eigenvalue weighted by Gasteiger charge is 2.51. The monoisotopic (exact) mass is 338 g/mol. The Labute approximate surface area is 151 Å². The molecule has 4 bridgehead atoms. The second kappa shape index (κ2) is 6.26. The molecule has 25 heavy (non-hydrogen) atoms. The predicted octanol–water partition coefficient (Wildman–Crippen LogP) is 4.75. The molecule has 4 fully saturated rings. The van der Waals surface area contributed by atoms with Crippen LogP contribution in [-0.2, 0) is 4.79 Å². The van der Waals surface area contributed by atoms with E-state index in [0.29, 0.717) is 6.42 Å². The van der Waals surface area contributed by atoms with E-state index in [1.165, 1.54) is 49.7 Å². The highest BCUT2D eigenvalue weighted by atomic mass is 16.2. The zero-order valence-electron chi connectivity index (χ0n) is 15.8. The predicted molar refractivity (Wildman–Crippen MR) is 101 cm³/mol. The molecule has 1 amide bonds. The molecule has 5 rings (SSSR count). The molecule has 134 valence electrons. The van der Waals surface area contributed by atoms with Gasteiger partial charge in [-0.3, -0.25) is 4.79 Å². The lowest BCUT2D eigenvalue weighted by Crippen LogP contribution is -2.47. The molecule has 0 saturated heterocycles. The summed E-state index contributed by atoms with van der Waals surface area (Å²) in [4.78, 5) is 12.6. The Bertz CT molecular complexity index is 683. The van der Waals surface area contributed by atoms with Gasteiger partial charge in [-0.1, -0.05) is 17.7 Å². The molecule has 0 unspecified atom stereocenters. The molecule has 0 aliphatic heterocycles. The molecular weight excluding hydrogens is 308 g/mol. The number of hydrogen-bond donors (Lipinski definition) is 1. The Morgan fingerprint density at radius 3 is 2.32 bits per heavy atom. The minimum Gasteiger partial charge on any atom is -0.273 e. The van der Waals surface area contributed by atoms with E-state index < -0.39 is 0 Å². The third-order valence-electron chi connectivity index (χ3n) is 6.83. The summed E-state index contributed by atoms with van der Waals surface area (Å²) in [7, 11) is 0. The first-order chi connectivity index (χ1) is 11.9. The minimum absolute atomic E-state index is 0.103. The first-order valence-corrected chi connectivity index (χ1v) is 9.83. The lowest BCUT2D eigenvalue weighted by Gasteiger charge is -2.56. The fraction of sp³-hybridized carbons (Fsp3) is 0.636. The van der Waals surface area contributed by atoms with Crippen molar-refractivity contribution in [3.8, 4) is 0 Å². The topological polar surface area (TPSA) is 41.5 Å². The van der Waals surface area contributed by atoms with Gasteiger partial charge in [0.25, 0.3) is 0 Å². The zero-order chi connectivity index (χ0) is 17.6. The van der Waals surface area contributed by atoms with Crippen LogP contribution in [0.1, 0.15) is 68.6 Å². The van der Waals surface area contributed by atoms with Crippen molar-refractivity contribution < 1.29 is 4.79 Å². The largest absolute Gasteiger partial charge is 0.273 e. The Morgan fingerprint density at radius 2 is 1.72 bits per heavy atom. The first-order valence-electron chi connectivity index (χ1n) is 9.83. The van der Waals surface area contributed by atoms with Crippen LogP contribution in [0.5, 0.6) is 0 Å². The van der Waals surface area contributed by atoms with Gasteiger partial charge in [0, 0.05) is 12.0 Å². The normalized spacial score (nSPS) is 33.6. The molecule has 1 aromatic rings. The van der Waals surface area contributed by atoms with Crippen LogP contribution in [0.3, 0.4) is 0 Å². The highest BCUT2D eigenvalue weighted by Crippen LogP contribution is 2.61. The van der Waals surface area contributed by atoms with Crippen LogP contribution in [0.15, 0.2) is 23.3 Å². The van der Waals surface area contributed by atoms with Gasteiger partial charge in [0.15, 0.2) is 0 Å². The lowest BCUT2D eigenvalue weighted by atomic mass is 9.49. The van der Waals surface area contributed by atoms with E-state index in [9.17, 15) is 4.79 Å². The van der Waals surface area contributed by atoms with Crippen molar-refractivity contribution in [2.45, 2.75) is 65.7 Å². The van der Waals surface area contributed by atoms with Gasteiger partial charge in [0.2, 0.25) is 5.91 Å². The van der Waals surface area contributed by atoms with Crippen molar-refractivity contribution in [3.63, 3.8) is 0 Å². The van der Waals surface area contributed by atoms with Crippen molar-refractivity contribution in [2.75, 3.05) is 0 Å². The molecule has 0 atom stereocenters. The number of aryl methyl sites for hydroxylation is 2. The van der Waals surface area contributed by atoms with Gasteiger partial charge in [0.05, 0.1) is 5.71 Å². The molecule has 0 spiro atoms. The van der Waals surface area contributed by atoms with Gasteiger partial charge >= 0.3 is 0 Å². The van der Waals surface area contributed by atoms with Gasteiger partial charge in [-0.15, -0.1) is 0 Å². The summed E-state index contributed by atoms with van der Waals surface area (Å²) in [5.41, 5.74) is 7.55. The summed E-state index contributed by atoms with van der Waals surface area (Å²) in [6.07, 6.45) is 8.74. The molecule has 4 saturated carbocycles. The molecule has 0 radical (unpaired) electrons. The van der Waals surface area contributed by atoms with Gasteiger partial charge in [0.1, 0.15) is 0 Å². The van der Waals surface area contributed by atoms with Gasteiger partial charge in [-0.2, -0.15) is 5.10 Å². The molecule has 3 nitrogen and oxygen atoms in total. The quantitative estimate of drug-likeness (QED) is 0.625. The first kappa shape index (κ1) is 16.8. The zero-order valence-corrected chi connectivity index (χ0v) is 15.8. The van der Waals surface area contributed by atoms with Crippen LogP contribution in [0.25, 0.3) is 0 Å². The lowest BCUT2D eigenvalue weighted by molar-refractivity contribution is -0.129. The van der Waals surface area contributed by atoms with Gasteiger partial charge in [-0.25, -0.2) is 5.43 Å². The van der Waals surface area contributed by atoms with Crippen molar-refractivity contribution in [2.24, 2.45) is 28.3 Å². The van der Waals surface area contributed by atoms with E-state index in [2.05, 4.69) is 42.6 Å². The molecule has 4 aliphatic rings. The molecule has 3 heteroatoms. The van der Waals surface area contributed by atoms with Crippen molar-refractivity contribution >= 4 is 11.6 Å². The smallest absolute Gasteiger partial charge is 0.240 e. The average molecular weight is 338 g/mol. The van der Waals surface area contributed by atoms with E-state index in [0.717, 1.165) is 29.0 Å². The van der Waals surface area contributed by atoms with Crippen molar-refractivity contribution in [1.29, 1.82) is 0 Å². The molecular formula is C22H30N2O. The number of carbonyl (C=O) groups is 1. The number of nitrogens with zero attached hydrogens (tertiary/aromatic N) is 1. The molecule has 0 heterocycles. The summed E-state index contributed by atoms with van der Waals surface area (Å²) in [6, 6.07) is 6.36. The second-order valence-electron chi connectivity index (χ2n) is 9.14. The van der Waals surface area contributed by atoms with Gasteiger partial charge in [-0.05, 0) is 94.1 Å². The number of amides is 1. The highest BCUT2D eigenvalue weighted by molar-refractivity contribution is 6.00. The maximum Gasteiger partial charge on any atom is 0.240 e. The number of rotatable bonds is 4. The minimum atomic E-state index is 0.103. The Hall–Kier alpha value is -1.64. The average Bonchev–Trinajstić information content (AvgIpc) is 2.53. The van der Waals surface area contributed by atoms with Crippen LogP contribution in [-0.4, -0.2) is 11.6 Å².